The molecule has 0 atom stereocenters. The largest absolute Gasteiger partial charge is 0.395 e. The minimum absolute atomic E-state index is 0.0757. The first-order chi connectivity index (χ1) is 6.11. The van der Waals surface area contributed by atoms with Crippen molar-refractivity contribution >= 4 is 32.5 Å². The Morgan fingerprint density at radius 2 is 2.08 bits per heavy atom. The molecule has 68 valence electrons. The molecular weight excluding hydrogens is 242 g/mol. The number of benzene rings is 1. The van der Waals surface area contributed by atoms with Crippen LogP contribution in [0.3, 0.4) is 0 Å². The topological polar surface area (TPSA) is 41.8 Å². The third-order valence-corrected chi connectivity index (χ3v) is 2.43. The van der Waals surface area contributed by atoms with Gasteiger partial charge in [0, 0.05) is 11.6 Å². The quantitative estimate of drug-likeness (QED) is 0.690. The van der Waals surface area contributed by atoms with E-state index in [0.717, 1.165) is 6.20 Å². The van der Waals surface area contributed by atoms with Crippen LogP contribution in [0.25, 0.3) is 10.9 Å². The van der Waals surface area contributed by atoms with E-state index in [2.05, 4.69) is 20.9 Å². The van der Waals surface area contributed by atoms with E-state index in [9.17, 15) is 8.78 Å². The normalized spacial score (nSPS) is 11.0. The summed E-state index contributed by atoms with van der Waals surface area (Å²) in [6.45, 7) is 0. The van der Waals surface area contributed by atoms with Crippen molar-refractivity contribution in [2.75, 3.05) is 5.73 Å². The number of hydrogen-bond acceptors (Lipinski definition) is 1. The van der Waals surface area contributed by atoms with Crippen molar-refractivity contribution in [2.24, 2.45) is 0 Å². The second-order valence-electron chi connectivity index (χ2n) is 2.65. The third-order valence-electron chi connectivity index (χ3n) is 1.86. The van der Waals surface area contributed by atoms with Crippen LogP contribution in [-0.2, 0) is 0 Å². The SMILES string of the molecule is Nc1c(F)c(Br)cc2c(F)c[nH]c12. The van der Waals surface area contributed by atoms with Gasteiger partial charge >= 0.3 is 0 Å². The number of anilines is 1. The van der Waals surface area contributed by atoms with Gasteiger partial charge in [-0.05, 0) is 22.0 Å². The zero-order chi connectivity index (χ0) is 9.59. The number of hydrogen-bond donors (Lipinski definition) is 2. The van der Waals surface area contributed by atoms with E-state index >= 15 is 0 Å². The Morgan fingerprint density at radius 3 is 2.77 bits per heavy atom. The molecule has 0 fully saturated rings. The molecule has 2 aromatic rings. The Kier molecular flexibility index (Phi) is 1.76. The number of nitrogen functional groups attached to an aromatic ring is 1. The van der Waals surface area contributed by atoms with Crippen LogP contribution in [-0.4, -0.2) is 4.98 Å². The lowest BCUT2D eigenvalue weighted by molar-refractivity contribution is 0.626. The number of nitrogens with two attached hydrogens (primary N) is 1. The molecule has 0 spiro atoms. The van der Waals surface area contributed by atoms with Crippen molar-refractivity contribution in [1.82, 2.24) is 4.98 Å². The molecule has 2 rings (SSSR count). The van der Waals surface area contributed by atoms with E-state index < -0.39 is 11.6 Å². The summed E-state index contributed by atoms with van der Waals surface area (Å²) < 4.78 is 26.3. The highest BCUT2D eigenvalue weighted by Gasteiger charge is 2.12. The number of aromatic nitrogens is 1. The predicted molar refractivity (Wildman–Crippen MR) is 50.3 cm³/mol. The maximum Gasteiger partial charge on any atom is 0.162 e. The Balaban J connectivity index is 2.96. The Morgan fingerprint density at radius 1 is 1.38 bits per heavy atom. The van der Waals surface area contributed by atoms with Gasteiger partial charge in [-0.3, -0.25) is 0 Å². The molecule has 0 amide bonds. The van der Waals surface area contributed by atoms with E-state index in [4.69, 9.17) is 5.73 Å². The van der Waals surface area contributed by atoms with Crippen molar-refractivity contribution in [3.8, 4) is 0 Å². The highest BCUT2D eigenvalue weighted by molar-refractivity contribution is 9.10. The van der Waals surface area contributed by atoms with Crippen molar-refractivity contribution < 1.29 is 8.78 Å². The summed E-state index contributed by atoms with van der Waals surface area (Å²) in [5.74, 6) is -1.02. The predicted octanol–water partition coefficient (Wildman–Crippen LogP) is 2.79. The highest BCUT2D eigenvalue weighted by atomic mass is 79.9. The van der Waals surface area contributed by atoms with E-state index in [1.165, 1.54) is 6.07 Å². The van der Waals surface area contributed by atoms with E-state index in [1.54, 1.807) is 0 Å². The fraction of sp³-hybridized carbons (Fsp3) is 0. The summed E-state index contributed by atoms with van der Waals surface area (Å²) in [6.07, 6.45) is 1.15. The van der Waals surface area contributed by atoms with Gasteiger partial charge in [0.15, 0.2) is 5.82 Å². The molecule has 1 aromatic carbocycles. The number of aromatic amines is 1. The van der Waals surface area contributed by atoms with Crippen LogP contribution in [0.5, 0.6) is 0 Å². The average Bonchev–Trinajstić information content (AvgIpc) is 2.45. The third kappa shape index (κ3) is 1.11. The van der Waals surface area contributed by atoms with Gasteiger partial charge in [-0.15, -0.1) is 0 Å². The molecule has 1 heterocycles. The molecule has 3 N–H and O–H groups in total. The summed E-state index contributed by atoms with van der Waals surface area (Å²) in [5.41, 5.74) is 5.64. The molecule has 0 unspecified atom stereocenters. The van der Waals surface area contributed by atoms with Crippen LogP contribution in [0.15, 0.2) is 16.7 Å². The molecule has 0 aliphatic heterocycles. The minimum atomic E-state index is -0.575. The smallest absolute Gasteiger partial charge is 0.162 e. The van der Waals surface area contributed by atoms with Crippen molar-refractivity contribution in [3.05, 3.63) is 28.4 Å². The maximum atomic E-state index is 13.2. The summed E-state index contributed by atoms with van der Waals surface area (Å²) in [5, 5.41) is 0.283. The van der Waals surface area contributed by atoms with Crippen LogP contribution in [0, 0.1) is 11.6 Å². The molecule has 2 nitrogen and oxygen atoms in total. The van der Waals surface area contributed by atoms with Gasteiger partial charge in [0.2, 0.25) is 0 Å². The zero-order valence-electron chi connectivity index (χ0n) is 6.37. The first-order valence-corrected chi connectivity index (χ1v) is 4.30. The Hall–Kier alpha value is -1.10. The van der Waals surface area contributed by atoms with Crippen LogP contribution in [0.4, 0.5) is 14.5 Å². The summed E-state index contributed by atoms with van der Waals surface area (Å²) >= 11 is 2.95. The van der Waals surface area contributed by atoms with Crippen LogP contribution in [0.1, 0.15) is 0 Å². The van der Waals surface area contributed by atoms with Gasteiger partial charge in [0.05, 0.1) is 15.7 Å². The Labute approximate surface area is 80.9 Å². The monoisotopic (exact) mass is 246 g/mol. The lowest BCUT2D eigenvalue weighted by Gasteiger charge is -2.00. The number of halogens is 3. The van der Waals surface area contributed by atoms with Gasteiger partial charge in [-0.2, -0.15) is 0 Å². The zero-order valence-corrected chi connectivity index (χ0v) is 7.95. The molecule has 0 saturated carbocycles. The maximum absolute atomic E-state index is 13.2. The molecule has 1 aromatic heterocycles. The van der Waals surface area contributed by atoms with Crippen LogP contribution >= 0.6 is 15.9 Å². The van der Waals surface area contributed by atoms with Gasteiger partial charge in [-0.25, -0.2) is 8.78 Å². The number of rotatable bonds is 0. The molecule has 0 saturated heterocycles. The lowest BCUT2D eigenvalue weighted by atomic mass is 10.2. The second-order valence-corrected chi connectivity index (χ2v) is 3.50. The molecule has 0 aliphatic rings. The number of nitrogens with one attached hydrogen (secondary N) is 1. The molecule has 0 radical (unpaired) electrons. The molecule has 5 heteroatoms. The van der Waals surface area contributed by atoms with Crippen molar-refractivity contribution in [3.63, 3.8) is 0 Å². The lowest BCUT2D eigenvalue weighted by Crippen LogP contribution is -1.93. The van der Waals surface area contributed by atoms with E-state index in [1.807, 2.05) is 0 Å². The van der Waals surface area contributed by atoms with Gasteiger partial charge in [0.1, 0.15) is 5.82 Å². The summed E-state index contributed by atoms with van der Waals surface area (Å²) in [7, 11) is 0. The summed E-state index contributed by atoms with van der Waals surface area (Å²) in [6, 6.07) is 1.35. The molecule has 13 heavy (non-hydrogen) atoms. The van der Waals surface area contributed by atoms with Gasteiger partial charge in [-0.1, -0.05) is 0 Å². The van der Waals surface area contributed by atoms with Gasteiger partial charge in [0.25, 0.3) is 0 Å². The fourth-order valence-electron chi connectivity index (χ4n) is 1.20. The first-order valence-electron chi connectivity index (χ1n) is 3.51. The molecular formula is C8H5BrF2N2. The number of fused-ring (bicyclic) bond motifs is 1. The minimum Gasteiger partial charge on any atom is -0.395 e. The average molecular weight is 247 g/mol. The van der Waals surface area contributed by atoms with Crippen LogP contribution in [0.2, 0.25) is 0 Å². The summed E-state index contributed by atoms with van der Waals surface area (Å²) in [4.78, 5) is 2.56. The van der Waals surface area contributed by atoms with E-state index in [0.29, 0.717) is 5.52 Å². The van der Waals surface area contributed by atoms with Crippen molar-refractivity contribution in [1.29, 1.82) is 0 Å². The first kappa shape index (κ1) is 8.50. The fourth-order valence-corrected chi connectivity index (χ4v) is 1.65. The Bertz CT molecular complexity index is 478. The molecule has 0 aliphatic carbocycles. The van der Waals surface area contributed by atoms with E-state index in [-0.39, 0.29) is 15.5 Å². The molecule has 0 bridgehead atoms. The second kappa shape index (κ2) is 2.70. The standard InChI is InChI=1S/C8H5BrF2N2/c9-4-1-3-5(10)2-13-8(3)7(12)6(4)11/h1-2,13H,12H2. The highest BCUT2D eigenvalue weighted by Crippen LogP contribution is 2.30. The number of H-pyrrole nitrogens is 1. The van der Waals surface area contributed by atoms with Gasteiger partial charge < -0.3 is 10.7 Å². The van der Waals surface area contributed by atoms with Crippen molar-refractivity contribution in [2.45, 2.75) is 0 Å². The van der Waals surface area contributed by atoms with Crippen LogP contribution < -0.4 is 5.73 Å².